The van der Waals surface area contributed by atoms with Gasteiger partial charge in [-0.25, -0.2) is 9.78 Å². The van der Waals surface area contributed by atoms with E-state index in [1.54, 1.807) is 12.3 Å². The standard InChI is InChI=1S/C11H17N3O3S2/c1-6(12)10-14-8(5-19-10)9(15)13-7(11(16)17)3-4-18-2/h5-7H,3-4,12H2,1-2H3,(H,13,15)(H,16,17). The minimum atomic E-state index is -1.04. The SMILES string of the molecule is CSCCC(NC(=O)c1csc(C(C)N)n1)C(=O)O. The third kappa shape index (κ3) is 4.81. The Labute approximate surface area is 119 Å². The van der Waals surface area contributed by atoms with Crippen LogP contribution >= 0.6 is 23.1 Å². The van der Waals surface area contributed by atoms with E-state index >= 15 is 0 Å². The first-order valence-electron chi connectivity index (χ1n) is 5.69. The molecule has 0 saturated heterocycles. The van der Waals surface area contributed by atoms with Gasteiger partial charge in [-0.05, 0) is 25.4 Å². The van der Waals surface area contributed by atoms with Crippen LogP contribution in [0.4, 0.5) is 0 Å². The maximum atomic E-state index is 11.9. The van der Waals surface area contributed by atoms with E-state index < -0.39 is 17.9 Å². The summed E-state index contributed by atoms with van der Waals surface area (Å²) in [6.07, 6.45) is 2.27. The number of carboxylic acid groups (broad SMARTS) is 1. The molecule has 1 rings (SSSR count). The topological polar surface area (TPSA) is 105 Å². The summed E-state index contributed by atoms with van der Waals surface area (Å²) in [5.41, 5.74) is 5.88. The number of nitrogens with two attached hydrogens (primary N) is 1. The fraction of sp³-hybridized carbons (Fsp3) is 0.545. The Bertz CT molecular complexity index is 448. The van der Waals surface area contributed by atoms with E-state index in [9.17, 15) is 9.59 Å². The highest BCUT2D eigenvalue weighted by molar-refractivity contribution is 7.98. The fourth-order valence-electron chi connectivity index (χ4n) is 1.33. The fourth-order valence-corrected chi connectivity index (χ4v) is 2.56. The molecule has 4 N–H and O–H groups in total. The molecule has 8 heteroatoms. The summed E-state index contributed by atoms with van der Waals surface area (Å²) in [6.45, 7) is 1.78. The van der Waals surface area contributed by atoms with E-state index in [2.05, 4.69) is 10.3 Å². The molecule has 0 saturated carbocycles. The molecule has 1 aromatic rings. The number of carboxylic acids is 1. The van der Waals surface area contributed by atoms with Gasteiger partial charge < -0.3 is 16.2 Å². The molecule has 106 valence electrons. The van der Waals surface area contributed by atoms with Crippen LogP contribution in [0.5, 0.6) is 0 Å². The van der Waals surface area contributed by atoms with Crippen molar-refractivity contribution >= 4 is 35.0 Å². The van der Waals surface area contributed by atoms with Gasteiger partial charge in [-0.1, -0.05) is 0 Å². The van der Waals surface area contributed by atoms with Gasteiger partial charge in [0, 0.05) is 5.38 Å². The zero-order valence-electron chi connectivity index (χ0n) is 10.8. The van der Waals surface area contributed by atoms with Crippen molar-refractivity contribution in [2.45, 2.75) is 25.4 Å². The van der Waals surface area contributed by atoms with Gasteiger partial charge in [-0.2, -0.15) is 11.8 Å². The summed E-state index contributed by atoms with van der Waals surface area (Å²) in [7, 11) is 0. The van der Waals surface area contributed by atoms with Crippen molar-refractivity contribution < 1.29 is 14.7 Å². The molecular formula is C11H17N3O3S2. The number of hydrogen-bond donors (Lipinski definition) is 3. The van der Waals surface area contributed by atoms with Crippen molar-refractivity contribution in [1.29, 1.82) is 0 Å². The van der Waals surface area contributed by atoms with E-state index in [-0.39, 0.29) is 11.7 Å². The highest BCUT2D eigenvalue weighted by atomic mass is 32.2. The van der Waals surface area contributed by atoms with Gasteiger partial charge in [-0.3, -0.25) is 4.79 Å². The molecule has 1 amide bonds. The maximum Gasteiger partial charge on any atom is 0.326 e. The molecule has 1 heterocycles. The van der Waals surface area contributed by atoms with Gasteiger partial charge in [0.15, 0.2) is 0 Å². The third-order valence-corrected chi connectivity index (χ3v) is 4.05. The number of thiazole rings is 1. The first-order valence-corrected chi connectivity index (χ1v) is 7.96. The number of rotatable bonds is 7. The minimum absolute atomic E-state index is 0.215. The van der Waals surface area contributed by atoms with E-state index in [1.165, 1.54) is 23.1 Å². The predicted octanol–water partition coefficient (Wildman–Crippen LogP) is 1.10. The number of hydrogen-bond acceptors (Lipinski definition) is 6. The average molecular weight is 303 g/mol. The highest BCUT2D eigenvalue weighted by Crippen LogP contribution is 2.16. The second-order valence-corrected chi connectivity index (χ2v) is 5.88. The zero-order chi connectivity index (χ0) is 14.4. The molecule has 0 spiro atoms. The Hall–Kier alpha value is -1.12. The Morgan fingerprint density at radius 3 is 2.79 bits per heavy atom. The molecule has 0 aromatic carbocycles. The molecule has 0 aliphatic heterocycles. The molecule has 0 aliphatic rings. The lowest BCUT2D eigenvalue weighted by Crippen LogP contribution is -2.41. The summed E-state index contributed by atoms with van der Waals surface area (Å²) in [6, 6.07) is -1.13. The van der Waals surface area contributed by atoms with Crippen LogP contribution in [0.3, 0.4) is 0 Å². The van der Waals surface area contributed by atoms with Crippen molar-refractivity contribution in [2.24, 2.45) is 5.73 Å². The maximum absolute atomic E-state index is 11.9. The predicted molar refractivity (Wildman–Crippen MR) is 76.6 cm³/mol. The normalized spacial score (nSPS) is 13.8. The number of carbonyl (C=O) groups excluding carboxylic acids is 1. The molecule has 2 unspecified atom stereocenters. The van der Waals surface area contributed by atoms with Crippen LogP contribution in [0.25, 0.3) is 0 Å². The molecule has 0 radical (unpaired) electrons. The quantitative estimate of drug-likeness (QED) is 0.696. The molecule has 19 heavy (non-hydrogen) atoms. The number of aromatic nitrogens is 1. The van der Waals surface area contributed by atoms with Crippen molar-refractivity contribution in [1.82, 2.24) is 10.3 Å². The first-order chi connectivity index (χ1) is 8.95. The number of aliphatic carboxylic acids is 1. The monoisotopic (exact) mass is 303 g/mol. The number of amides is 1. The van der Waals surface area contributed by atoms with Crippen LogP contribution in [0, 0.1) is 0 Å². The van der Waals surface area contributed by atoms with E-state index in [4.69, 9.17) is 10.8 Å². The summed E-state index contributed by atoms with van der Waals surface area (Å²) in [5.74, 6) is -0.846. The van der Waals surface area contributed by atoms with Gasteiger partial charge in [0.05, 0.1) is 6.04 Å². The number of thioether (sulfide) groups is 1. The van der Waals surface area contributed by atoms with E-state index in [0.717, 1.165) is 0 Å². The van der Waals surface area contributed by atoms with Crippen LogP contribution in [-0.2, 0) is 4.79 Å². The van der Waals surface area contributed by atoms with Gasteiger partial charge in [0.25, 0.3) is 5.91 Å². The smallest absolute Gasteiger partial charge is 0.326 e. The number of carbonyl (C=O) groups is 2. The van der Waals surface area contributed by atoms with Crippen molar-refractivity contribution in [2.75, 3.05) is 12.0 Å². The van der Waals surface area contributed by atoms with Crippen LogP contribution in [-0.4, -0.2) is 40.0 Å². The highest BCUT2D eigenvalue weighted by Gasteiger charge is 2.21. The third-order valence-electron chi connectivity index (χ3n) is 2.36. The van der Waals surface area contributed by atoms with Gasteiger partial charge in [-0.15, -0.1) is 11.3 Å². The Kier molecular flexibility index (Phi) is 6.26. The second kappa shape index (κ2) is 7.46. The van der Waals surface area contributed by atoms with Crippen LogP contribution in [0.15, 0.2) is 5.38 Å². The molecule has 1 aromatic heterocycles. The zero-order valence-corrected chi connectivity index (χ0v) is 12.4. The van der Waals surface area contributed by atoms with Crippen molar-refractivity contribution in [3.8, 4) is 0 Å². The Morgan fingerprint density at radius 2 is 2.32 bits per heavy atom. The molecule has 0 bridgehead atoms. The molecule has 2 atom stereocenters. The van der Waals surface area contributed by atoms with Crippen LogP contribution in [0.1, 0.15) is 34.9 Å². The van der Waals surface area contributed by atoms with Crippen LogP contribution < -0.4 is 11.1 Å². The Morgan fingerprint density at radius 1 is 1.63 bits per heavy atom. The Balaban J connectivity index is 2.67. The lowest BCUT2D eigenvalue weighted by atomic mass is 10.2. The van der Waals surface area contributed by atoms with E-state index in [1.807, 2.05) is 6.26 Å². The lowest BCUT2D eigenvalue weighted by Gasteiger charge is -2.12. The number of nitrogens with one attached hydrogen (secondary N) is 1. The summed E-state index contributed by atoms with van der Waals surface area (Å²) in [4.78, 5) is 27.0. The molecule has 0 aliphatic carbocycles. The van der Waals surface area contributed by atoms with Gasteiger partial charge in [0.1, 0.15) is 16.7 Å². The molecule has 0 fully saturated rings. The largest absolute Gasteiger partial charge is 0.480 e. The molecule has 6 nitrogen and oxygen atoms in total. The summed E-state index contributed by atoms with van der Waals surface area (Å²) in [5, 5.41) is 13.7. The van der Waals surface area contributed by atoms with Crippen LogP contribution in [0.2, 0.25) is 0 Å². The van der Waals surface area contributed by atoms with E-state index in [0.29, 0.717) is 17.2 Å². The van der Waals surface area contributed by atoms with Gasteiger partial charge >= 0.3 is 5.97 Å². The minimum Gasteiger partial charge on any atom is -0.480 e. The first kappa shape index (κ1) is 15.9. The van der Waals surface area contributed by atoms with Crippen molar-refractivity contribution in [3.63, 3.8) is 0 Å². The average Bonchev–Trinajstić information content (AvgIpc) is 2.83. The van der Waals surface area contributed by atoms with Gasteiger partial charge in [0.2, 0.25) is 0 Å². The van der Waals surface area contributed by atoms with Crippen molar-refractivity contribution in [3.05, 3.63) is 16.1 Å². The summed E-state index contributed by atoms with van der Waals surface area (Å²) >= 11 is 2.82. The second-order valence-electron chi connectivity index (χ2n) is 4.01. The number of nitrogens with zero attached hydrogens (tertiary/aromatic N) is 1. The lowest BCUT2D eigenvalue weighted by molar-refractivity contribution is -0.139. The molecular weight excluding hydrogens is 286 g/mol. The summed E-state index contributed by atoms with van der Waals surface area (Å²) < 4.78 is 0.